The van der Waals surface area contributed by atoms with Crippen molar-refractivity contribution in [3.63, 3.8) is 0 Å². The molecule has 5 nitrogen and oxygen atoms in total. The second-order valence-electron chi connectivity index (χ2n) is 6.04. The molecule has 0 unspecified atom stereocenters. The number of hydrogen-bond donors (Lipinski definition) is 0. The summed E-state index contributed by atoms with van der Waals surface area (Å²) in [6.45, 7) is 5.64. The highest BCUT2D eigenvalue weighted by molar-refractivity contribution is 7.09. The second-order valence-corrected chi connectivity index (χ2v) is 6.98. The first-order chi connectivity index (χ1) is 12.7. The Hall–Kier alpha value is -2.60. The molecule has 0 radical (unpaired) electrons. The number of furan rings is 1. The Bertz CT molecular complexity index is 825. The van der Waals surface area contributed by atoms with Crippen LogP contribution in [0.2, 0.25) is 0 Å². The zero-order chi connectivity index (χ0) is 18.4. The molecule has 136 valence electrons. The lowest BCUT2D eigenvalue weighted by atomic mass is 10.2. The van der Waals surface area contributed by atoms with Gasteiger partial charge in [-0.25, -0.2) is 4.98 Å². The van der Waals surface area contributed by atoms with E-state index in [-0.39, 0.29) is 5.91 Å². The number of rotatable bonds is 8. The molecule has 1 amide bonds. The van der Waals surface area contributed by atoms with Gasteiger partial charge in [0.2, 0.25) is 0 Å². The predicted octanol–water partition coefficient (Wildman–Crippen LogP) is 4.68. The molecule has 3 aromatic rings. The molecule has 0 spiro atoms. The summed E-state index contributed by atoms with van der Waals surface area (Å²) in [6.07, 6.45) is 2.39. The van der Waals surface area contributed by atoms with Gasteiger partial charge in [0.05, 0.1) is 18.5 Å². The van der Waals surface area contributed by atoms with Gasteiger partial charge in [0.15, 0.2) is 5.76 Å². The van der Waals surface area contributed by atoms with E-state index in [1.165, 1.54) is 11.8 Å². The first-order valence-corrected chi connectivity index (χ1v) is 9.49. The Morgan fingerprint density at radius 1 is 1.27 bits per heavy atom. The van der Waals surface area contributed by atoms with Gasteiger partial charge in [-0.15, -0.1) is 11.3 Å². The maximum absolute atomic E-state index is 12.5. The predicted molar refractivity (Wildman–Crippen MR) is 101 cm³/mol. The first kappa shape index (κ1) is 18.2. The zero-order valence-electron chi connectivity index (χ0n) is 15.0. The summed E-state index contributed by atoms with van der Waals surface area (Å²) in [5, 5.41) is 2.87. The van der Waals surface area contributed by atoms with Crippen LogP contribution in [0.15, 0.2) is 52.5 Å². The number of carbonyl (C=O) groups is 1. The molecule has 0 fully saturated rings. The van der Waals surface area contributed by atoms with Crippen LogP contribution in [-0.4, -0.2) is 22.3 Å². The summed E-state index contributed by atoms with van der Waals surface area (Å²) in [5.74, 6) is 1.08. The number of benzene rings is 1. The number of carbonyl (C=O) groups excluding carboxylic acids is 1. The number of thiazole rings is 1. The highest BCUT2D eigenvalue weighted by Gasteiger charge is 2.19. The van der Waals surface area contributed by atoms with E-state index < -0.39 is 0 Å². The van der Waals surface area contributed by atoms with Gasteiger partial charge in [-0.1, -0.05) is 24.6 Å². The topological polar surface area (TPSA) is 55.6 Å². The molecule has 2 aromatic heterocycles. The molecular weight excluding hydrogens is 348 g/mol. The van der Waals surface area contributed by atoms with E-state index in [1.54, 1.807) is 28.4 Å². The number of nitrogens with zero attached hydrogens (tertiary/aromatic N) is 2. The third kappa shape index (κ3) is 4.73. The Kier molecular flexibility index (Phi) is 6.07. The summed E-state index contributed by atoms with van der Waals surface area (Å²) < 4.78 is 11.0. The van der Waals surface area contributed by atoms with Gasteiger partial charge >= 0.3 is 0 Å². The van der Waals surface area contributed by atoms with E-state index in [2.05, 4.69) is 4.98 Å². The largest absolute Gasteiger partial charge is 0.486 e. The SMILES string of the molecule is CCCN(Cc1csc(COc2ccc(C)cc2)n1)C(=O)c1ccco1. The molecule has 6 heteroatoms. The van der Waals surface area contributed by atoms with Crippen molar-refractivity contribution in [3.8, 4) is 5.75 Å². The number of ether oxygens (including phenoxy) is 1. The number of aryl methyl sites for hydroxylation is 1. The minimum atomic E-state index is -0.109. The lowest BCUT2D eigenvalue weighted by Crippen LogP contribution is -2.31. The first-order valence-electron chi connectivity index (χ1n) is 8.61. The van der Waals surface area contributed by atoms with Crippen LogP contribution in [0.1, 0.15) is 40.2 Å². The highest BCUT2D eigenvalue weighted by atomic mass is 32.1. The van der Waals surface area contributed by atoms with Crippen molar-refractivity contribution in [1.82, 2.24) is 9.88 Å². The fourth-order valence-electron chi connectivity index (χ4n) is 2.54. The van der Waals surface area contributed by atoms with E-state index in [9.17, 15) is 4.79 Å². The fourth-order valence-corrected chi connectivity index (χ4v) is 3.24. The molecule has 0 aliphatic heterocycles. The van der Waals surface area contributed by atoms with Gasteiger partial charge in [0.25, 0.3) is 5.91 Å². The Morgan fingerprint density at radius 2 is 2.08 bits per heavy atom. The van der Waals surface area contributed by atoms with E-state index in [0.717, 1.165) is 22.9 Å². The Balaban J connectivity index is 1.60. The maximum atomic E-state index is 12.5. The standard InChI is InChI=1S/C20H22N2O3S/c1-3-10-22(20(23)18-5-4-11-24-18)12-16-14-26-19(21-16)13-25-17-8-6-15(2)7-9-17/h4-9,11,14H,3,10,12-13H2,1-2H3. The summed E-state index contributed by atoms with van der Waals surface area (Å²) in [7, 11) is 0. The molecule has 2 heterocycles. The number of amides is 1. The van der Waals surface area contributed by atoms with Crippen molar-refractivity contribution in [3.05, 3.63) is 70.1 Å². The minimum absolute atomic E-state index is 0.109. The smallest absolute Gasteiger partial charge is 0.289 e. The molecule has 0 bridgehead atoms. The van der Waals surface area contributed by atoms with Gasteiger partial charge in [0, 0.05) is 11.9 Å². The van der Waals surface area contributed by atoms with E-state index in [1.807, 2.05) is 43.5 Å². The summed E-state index contributed by atoms with van der Waals surface area (Å²) in [4.78, 5) is 18.9. The number of aromatic nitrogens is 1. The van der Waals surface area contributed by atoms with Crippen molar-refractivity contribution >= 4 is 17.2 Å². The monoisotopic (exact) mass is 370 g/mol. The quantitative estimate of drug-likeness (QED) is 0.578. The van der Waals surface area contributed by atoms with Crippen molar-refractivity contribution in [2.24, 2.45) is 0 Å². The van der Waals surface area contributed by atoms with Gasteiger partial charge < -0.3 is 14.1 Å². The van der Waals surface area contributed by atoms with Crippen molar-refractivity contribution in [1.29, 1.82) is 0 Å². The van der Waals surface area contributed by atoms with Crippen LogP contribution in [0, 0.1) is 6.92 Å². The van der Waals surface area contributed by atoms with Crippen LogP contribution in [0.4, 0.5) is 0 Å². The Morgan fingerprint density at radius 3 is 2.77 bits per heavy atom. The third-order valence-electron chi connectivity index (χ3n) is 3.85. The molecule has 0 N–H and O–H groups in total. The zero-order valence-corrected chi connectivity index (χ0v) is 15.8. The maximum Gasteiger partial charge on any atom is 0.289 e. The van der Waals surface area contributed by atoms with Crippen molar-refractivity contribution < 1.29 is 13.9 Å². The van der Waals surface area contributed by atoms with Crippen molar-refractivity contribution in [2.45, 2.75) is 33.4 Å². The summed E-state index contributed by atoms with van der Waals surface area (Å²) in [6, 6.07) is 11.4. The average molecular weight is 370 g/mol. The molecule has 1 aromatic carbocycles. The van der Waals surface area contributed by atoms with Crippen LogP contribution in [0.3, 0.4) is 0 Å². The molecular formula is C20H22N2O3S. The summed E-state index contributed by atoms with van der Waals surface area (Å²) >= 11 is 1.54. The normalized spacial score (nSPS) is 10.7. The van der Waals surface area contributed by atoms with E-state index >= 15 is 0 Å². The molecule has 0 saturated carbocycles. The third-order valence-corrected chi connectivity index (χ3v) is 4.72. The van der Waals surface area contributed by atoms with Crippen LogP contribution in [0.25, 0.3) is 0 Å². The lowest BCUT2D eigenvalue weighted by molar-refractivity contribution is 0.0709. The van der Waals surface area contributed by atoms with Crippen LogP contribution >= 0.6 is 11.3 Å². The fraction of sp³-hybridized carbons (Fsp3) is 0.300. The van der Waals surface area contributed by atoms with E-state index in [0.29, 0.717) is 25.5 Å². The molecule has 0 aliphatic rings. The molecule has 0 saturated heterocycles. The van der Waals surface area contributed by atoms with Gasteiger partial charge in [0.1, 0.15) is 17.4 Å². The van der Waals surface area contributed by atoms with E-state index in [4.69, 9.17) is 9.15 Å². The minimum Gasteiger partial charge on any atom is -0.486 e. The summed E-state index contributed by atoms with van der Waals surface area (Å²) in [5.41, 5.74) is 2.07. The molecule has 0 aliphatic carbocycles. The average Bonchev–Trinajstić information content (AvgIpc) is 3.32. The lowest BCUT2D eigenvalue weighted by Gasteiger charge is -2.19. The molecule has 26 heavy (non-hydrogen) atoms. The molecule has 0 atom stereocenters. The molecule has 3 rings (SSSR count). The van der Waals surface area contributed by atoms with Crippen molar-refractivity contribution in [2.75, 3.05) is 6.54 Å². The second kappa shape index (κ2) is 8.67. The van der Waals surface area contributed by atoms with Gasteiger partial charge in [-0.05, 0) is 37.6 Å². The van der Waals surface area contributed by atoms with Crippen LogP contribution < -0.4 is 4.74 Å². The van der Waals surface area contributed by atoms with Gasteiger partial charge in [-0.2, -0.15) is 0 Å². The Labute approximate surface area is 157 Å². The van der Waals surface area contributed by atoms with Crippen LogP contribution in [-0.2, 0) is 13.2 Å². The van der Waals surface area contributed by atoms with Gasteiger partial charge in [-0.3, -0.25) is 4.79 Å². The van der Waals surface area contributed by atoms with Crippen LogP contribution in [0.5, 0.6) is 5.75 Å². The number of hydrogen-bond acceptors (Lipinski definition) is 5. The highest BCUT2D eigenvalue weighted by Crippen LogP contribution is 2.18.